The highest BCUT2D eigenvalue weighted by Gasteiger charge is 2.25. The molecule has 0 aliphatic heterocycles. The summed E-state index contributed by atoms with van der Waals surface area (Å²) in [5.41, 5.74) is 1.57. The molecule has 0 N–H and O–H groups in total. The monoisotopic (exact) mass is 484 g/mol. The summed E-state index contributed by atoms with van der Waals surface area (Å²) in [6.07, 6.45) is 4.59. The molecular formula is C23H24N4O4S2. The first-order valence-electron chi connectivity index (χ1n) is 10.6. The zero-order chi connectivity index (χ0) is 23.7. The molecule has 0 spiro atoms. The first-order valence-corrected chi connectivity index (χ1v) is 12.4. The van der Waals surface area contributed by atoms with Crippen LogP contribution in [0.1, 0.15) is 23.8 Å². The highest BCUT2D eigenvalue weighted by atomic mass is 32.2. The van der Waals surface area contributed by atoms with Crippen molar-refractivity contribution in [1.29, 1.82) is 0 Å². The molecule has 1 unspecified atom stereocenters. The number of non-ortho nitro benzene ring substituents is 1. The van der Waals surface area contributed by atoms with E-state index in [1.807, 2.05) is 0 Å². The second-order valence-corrected chi connectivity index (χ2v) is 10.2. The van der Waals surface area contributed by atoms with E-state index in [4.69, 9.17) is 4.98 Å². The Hall–Kier alpha value is -2.98. The molecule has 8 nitrogen and oxygen atoms in total. The SMILES string of the molecule is C=CCn1c(SCC(=O)N(C)c2ccc([N+](=O)[O-])cc2)nc2sc3c(c2c1=O)CCC(C)C3. The molecule has 2 heterocycles. The van der Waals surface area contributed by atoms with E-state index in [0.29, 0.717) is 28.7 Å². The smallest absolute Gasteiger partial charge is 0.269 e. The number of nitro groups is 1. The average Bonchev–Trinajstić information content (AvgIpc) is 3.16. The lowest BCUT2D eigenvalue weighted by Crippen LogP contribution is -2.29. The van der Waals surface area contributed by atoms with E-state index in [1.54, 1.807) is 29.0 Å². The first kappa shape index (κ1) is 23.2. The van der Waals surface area contributed by atoms with Crippen LogP contribution in [0, 0.1) is 16.0 Å². The van der Waals surface area contributed by atoms with Crippen LogP contribution in [0.2, 0.25) is 0 Å². The topological polar surface area (TPSA) is 98.3 Å². The van der Waals surface area contributed by atoms with Gasteiger partial charge in [-0.15, -0.1) is 17.9 Å². The number of nitrogens with zero attached hydrogens (tertiary/aromatic N) is 4. The van der Waals surface area contributed by atoms with Crippen LogP contribution in [0.4, 0.5) is 11.4 Å². The molecule has 4 rings (SSSR count). The van der Waals surface area contributed by atoms with Gasteiger partial charge in [0.15, 0.2) is 5.16 Å². The maximum Gasteiger partial charge on any atom is 0.269 e. The normalized spacial score (nSPS) is 15.3. The maximum absolute atomic E-state index is 13.4. The molecule has 10 heteroatoms. The number of thioether (sulfide) groups is 1. The van der Waals surface area contributed by atoms with Gasteiger partial charge >= 0.3 is 0 Å². The third kappa shape index (κ3) is 4.58. The first-order chi connectivity index (χ1) is 15.8. The van der Waals surface area contributed by atoms with Crippen molar-refractivity contribution >= 4 is 50.6 Å². The van der Waals surface area contributed by atoms with Crippen LogP contribution in [0.5, 0.6) is 0 Å². The third-order valence-electron chi connectivity index (χ3n) is 5.84. The minimum atomic E-state index is -0.481. The minimum absolute atomic E-state index is 0.0343. The van der Waals surface area contributed by atoms with Crippen LogP contribution in [-0.4, -0.2) is 33.2 Å². The van der Waals surface area contributed by atoms with E-state index in [1.165, 1.54) is 45.8 Å². The van der Waals surface area contributed by atoms with E-state index < -0.39 is 4.92 Å². The molecule has 0 bridgehead atoms. The Labute approximate surface area is 199 Å². The fourth-order valence-electron chi connectivity index (χ4n) is 3.97. The molecular weight excluding hydrogens is 460 g/mol. The Bertz CT molecular complexity index is 1300. The van der Waals surface area contributed by atoms with E-state index in [2.05, 4.69) is 13.5 Å². The van der Waals surface area contributed by atoms with Crippen molar-refractivity contribution in [3.63, 3.8) is 0 Å². The highest BCUT2D eigenvalue weighted by Crippen LogP contribution is 2.36. The van der Waals surface area contributed by atoms with Crippen molar-refractivity contribution < 1.29 is 9.72 Å². The number of carbonyl (C=O) groups is 1. The molecule has 1 aliphatic carbocycles. The number of allylic oxidation sites excluding steroid dienone is 1. The predicted molar refractivity (Wildman–Crippen MR) is 132 cm³/mol. The van der Waals surface area contributed by atoms with Crippen LogP contribution < -0.4 is 10.5 Å². The average molecular weight is 485 g/mol. The van der Waals surface area contributed by atoms with Gasteiger partial charge in [0.05, 0.1) is 16.1 Å². The second-order valence-electron chi connectivity index (χ2n) is 8.15. The molecule has 0 fully saturated rings. The molecule has 1 aliphatic rings. The molecule has 0 radical (unpaired) electrons. The predicted octanol–water partition coefficient (Wildman–Crippen LogP) is 4.43. The summed E-state index contributed by atoms with van der Waals surface area (Å²) in [6.45, 7) is 6.31. The number of nitro benzene ring substituents is 1. The van der Waals surface area contributed by atoms with Gasteiger partial charge in [-0.05, 0) is 42.9 Å². The summed E-state index contributed by atoms with van der Waals surface area (Å²) in [7, 11) is 1.62. The zero-order valence-corrected chi connectivity index (χ0v) is 20.1. The summed E-state index contributed by atoms with van der Waals surface area (Å²) in [5, 5.41) is 12.0. The molecule has 1 aromatic carbocycles. The number of benzene rings is 1. The number of amides is 1. The van der Waals surface area contributed by atoms with Gasteiger partial charge in [0.2, 0.25) is 5.91 Å². The standard InChI is InChI=1S/C23H24N4O4S2/c1-4-11-26-22(29)20-17-10-5-14(2)12-18(17)33-21(20)24-23(26)32-13-19(28)25(3)15-6-8-16(9-7-15)27(30)31/h4,6-9,14H,1,5,10-13H2,2-3H3. The highest BCUT2D eigenvalue weighted by molar-refractivity contribution is 7.99. The quantitative estimate of drug-likeness (QED) is 0.162. The Morgan fingerprint density at radius 1 is 1.42 bits per heavy atom. The number of hydrogen-bond donors (Lipinski definition) is 0. The molecule has 3 aromatic rings. The van der Waals surface area contributed by atoms with Crippen molar-refractivity contribution in [2.45, 2.75) is 37.9 Å². The van der Waals surface area contributed by atoms with Crippen molar-refractivity contribution in [3.8, 4) is 0 Å². The number of hydrogen-bond acceptors (Lipinski definition) is 7. The van der Waals surface area contributed by atoms with Crippen molar-refractivity contribution in [3.05, 3.63) is 67.8 Å². The number of aromatic nitrogens is 2. The molecule has 0 saturated carbocycles. The minimum Gasteiger partial charge on any atom is -0.315 e. The fourth-order valence-corrected chi connectivity index (χ4v) is 6.32. The molecule has 0 saturated heterocycles. The molecule has 172 valence electrons. The summed E-state index contributed by atoms with van der Waals surface area (Å²) < 4.78 is 1.59. The van der Waals surface area contributed by atoms with Gasteiger partial charge in [-0.2, -0.15) is 0 Å². The van der Waals surface area contributed by atoms with Crippen LogP contribution in [0.25, 0.3) is 10.2 Å². The largest absolute Gasteiger partial charge is 0.315 e. The van der Waals surface area contributed by atoms with Gasteiger partial charge in [0.1, 0.15) is 4.83 Å². The van der Waals surface area contributed by atoms with Gasteiger partial charge in [-0.1, -0.05) is 24.8 Å². The Morgan fingerprint density at radius 2 is 2.15 bits per heavy atom. The molecule has 33 heavy (non-hydrogen) atoms. The summed E-state index contributed by atoms with van der Waals surface area (Å²) in [4.78, 5) is 44.7. The number of carbonyl (C=O) groups excluding carboxylic acids is 1. The second kappa shape index (κ2) is 9.48. The summed E-state index contributed by atoms with van der Waals surface area (Å²) in [6, 6.07) is 5.80. The van der Waals surface area contributed by atoms with E-state index in [0.717, 1.165) is 29.7 Å². The van der Waals surface area contributed by atoms with E-state index in [9.17, 15) is 19.7 Å². The molecule has 1 atom stereocenters. The lowest BCUT2D eigenvalue weighted by molar-refractivity contribution is -0.384. The van der Waals surface area contributed by atoms with Crippen molar-refractivity contribution in [2.75, 3.05) is 17.7 Å². The number of rotatable bonds is 7. The maximum atomic E-state index is 13.4. The lowest BCUT2D eigenvalue weighted by Gasteiger charge is -2.18. The summed E-state index contributed by atoms with van der Waals surface area (Å²) in [5.74, 6) is 0.472. The van der Waals surface area contributed by atoms with Crippen LogP contribution >= 0.6 is 23.1 Å². The van der Waals surface area contributed by atoms with Gasteiger partial charge in [-0.3, -0.25) is 24.3 Å². The van der Waals surface area contributed by atoms with Gasteiger partial charge in [0.25, 0.3) is 11.2 Å². The van der Waals surface area contributed by atoms with Crippen LogP contribution in [0.15, 0.2) is 46.9 Å². The third-order valence-corrected chi connectivity index (χ3v) is 7.95. The van der Waals surface area contributed by atoms with Gasteiger partial charge < -0.3 is 4.90 Å². The van der Waals surface area contributed by atoms with Crippen molar-refractivity contribution in [2.24, 2.45) is 5.92 Å². The van der Waals surface area contributed by atoms with Crippen LogP contribution in [0.3, 0.4) is 0 Å². The number of aryl methyl sites for hydroxylation is 1. The number of thiophene rings is 1. The fraction of sp³-hybridized carbons (Fsp3) is 0.348. The van der Waals surface area contributed by atoms with E-state index in [-0.39, 0.29) is 22.9 Å². The Kier molecular flexibility index (Phi) is 6.66. The number of fused-ring (bicyclic) bond motifs is 3. The van der Waals surface area contributed by atoms with Crippen LogP contribution in [-0.2, 0) is 24.2 Å². The van der Waals surface area contributed by atoms with Gasteiger partial charge in [0, 0.05) is 36.3 Å². The van der Waals surface area contributed by atoms with E-state index >= 15 is 0 Å². The Morgan fingerprint density at radius 3 is 2.82 bits per heavy atom. The molecule has 2 aromatic heterocycles. The van der Waals surface area contributed by atoms with Crippen molar-refractivity contribution in [1.82, 2.24) is 9.55 Å². The molecule has 1 amide bonds. The lowest BCUT2D eigenvalue weighted by atomic mass is 9.89. The Balaban J connectivity index is 1.59. The number of anilines is 1. The van der Waals surface area contributed by atoms with Gasteiger partial charge in [-0.25, -0.2) is 4.98 Å². The summed E-state index contributed by atoms with van der Waals surface area (Å²) >= 11 is 2.80. The zero-order valence-electron chi connectivity index (χ0n) is 18.4.